The van der Waals surface area contributed by atoms with Crippen LogP contribution in [0.5, 0.6) is 0 Å². The zero-order chi connectivity index (χ0) is 11.8. The Labute approximate surface area is 105 Å². The molecule has 88 valence electrons. The van der Waals surface area contributed by atoms with Crippen LogP contribution in [0.25, 0.3) is 10.7 Å². The van der Waals surface area contributed by atoms with E-state index in [0.717, 1.165) is 16.5 Å². The van der Waals surface area contributed by atoms with Crippen LogP contribution in [0.15, 0.2) is 18.2 Å². The number of hydrogen-bond acceptors (Lipinski definition) is 4. The van der Waals surface area contributed by atoms with Crippen molar-refractivity contribution in [3.05, 3.63) is 28.8 Å². The number of hydrogen-bond donors (Lipinski definition) is 1. The normalized spacial score (nSPS) is 14.9. The summed E-state index contributed by atoms with van der Waals surface area (Å²) in [4.78, 5) is 11.7. The van der Waals surface area contributed by atoms with Crippen molar-refractivity contribution in [3.63, 3.8) is 0 Å². The summed E-state index contributed by atoms with van der Waals surface area (Å²) in [6.07, 6.45) is 2.53. The molecule has 1 aliphatic rings. The van der Waals surface area contributed by atoms with Crippen molar-refractivity contribution in [2.24, 2.45) is 0 Å². The van der Waals surface area contributed by atoms with Gasteiger partial charge in [-0.2, -0.15) is 0 Å². The third-order valence-corrected chi connectivity index (χ3v) is 3.96. The quantitative estimate of drug-likeness (QED) is 0.900. The molecule has 0 unspecified atom stereocenters. The van der Waals surface area contributed by atoms with Crippen LogP contribution in [0.1, 0.15) is 29.3 Å². The van der Waals surface area contributed by atoms with Crippen LogP contribution in [0.4, 0.5) is 5.82 Å². The molecule has 0 spiro atoms. The molecule has 0 amide bonds. The number of thiophene rings is 1. The van der Waals surface area contributed by atoms with Gasteiger partial charge in [-0.1, -0.05) is 0 Å². The Balaban J connectivity index is 2.05. The number of aryl methyl sites for hydroxylation is 1. The van der Waals surface area contributed by atoms with Crippen LogP contribution in [-0.4, -0.2) is 17.0 Å². The maximum atomic E-state index is 4.69. The highest BCUT2D eigenvalue weighted by Crippen LogP contribution is 2.40. The van der Waals surface area contributed by atoms with Crippen LogP contribution in [0.3, 0.4) is 0 Å². The van der Waals surface area contributed by atoms with Gasteiger partial charge >= 0.3 is 0 Å². The van der Waals surface area contributed by atoms with E-state index in [2.05, 4.69) is 40.4 Å². The summed E-state index contributed by atoms with van der Waals surface area (Å²) in [5.74, 6) is 2.43. The van der Waals surface area contributed by atoms with Crippen molar-refractivity contribution in [2.45, 2.75) is 25.7 Å². The first-order valence-electron chi connectivity index (χ1n) is 5.90. The van der Waals surface area contributed by atoms with E-state index in [4.69, 9.17) is 0 Å². The van der Waals surface area contributed by atoms with Gasteiger partial charge in [0.2, 0.25) is 0 Å². The molecule has 0 saturated heterocycles. The lowest BCUT2D eigenvalue weighted by molar-refractivity contribution is 0.997. The highest BCUT2D eigenvalue weighted by Gasteiger charge is 2.26. The maximum Gasteiger partial charge on any atom is 0.171 e. The summed E-state index contributed by atoms with van der Waals surface area (Å²) in [6.45, 7) is 2.11. The third kappa shape index (κ3) is 2.17. The lowest BCUT2D eigenvalue weighted by Gasteiger charge is -2.05. The Hall–Kier alpha value is -1.42. The molecule has 1 aliphatic carbocycles. The Bertz CT molecular complexity index is 543. The summed E-state index contributed by atoms with van der Waals surface area (Å²) < 4.78 is 0. The minimum Gasteiger partial charge on any atom is -0.373 e. The van der Waals surface area contributed by atoms with Gasteiger partial charge in [0.05, 0.1) is 4.88 Å². The monoisotopic (exact) mass is 245 g/mol. The summed E-state index contributed by atoms with van der Waals surface area (Å²) >= 11 is 1.75. The molecule has 1 saturated carbocycles. The average Bonchev–Trinajstić information content (AvgIpc) is 3.11. The van der Waals surface area contributed by atoms with Gasteiger partial charge in [0.1, 0.15) is 5.82 Å². The van der Waals surface area contributed by atoms with Gasteiger partial charge in [0, 0.05) is 29.6 Å². The molecule has 2 heterocycles. The second-order valence-corrected chi connectivity index (χ2v) is 5.72. The molecule has 17 heavy (non-hydrogen) atoms. The van der Waals surface area contributed by atoms with Gasteiger partial charge in [0.25, 0.3) is 0 Å². The molecular weight excluding hydrogens is 230 g/mol. The van der Waals surface area contributed by atoms with Crippen molar-refractivity contribution in [1.29, 1.82) is 0 Å². The second kappa shape index (κ2) is 4.11. The predicted molar refractivity (Wildman–Crippen MR) is 71.6 cm³/mol. The molecule has 0 radical (unpaired) electrons. The van der Waals surface area contributed by atoms with Crippen LogP contribution in [0, 0.1) is 6.92 Å². The molecule has 1 N–H and O–H groups in total. The van der Waals surface area contributed by atoms with E-state index in [-0.39, 0.29) is 0 Å². The van der Waals surface area contributed by atoms with E-state index in [1.807, 2.05) is 7.05 Å². The zero-order valence-corrected chi connectivity index (χ0v) is 10.8. The molecule has 2 aromatic rings. The van der Waals surface area contributed by atoms with Crippen molar-refractivity contribution in [2.75, 3.05) is 12.4 Å². The highest BCUT2D eigenvalue weighted by atomic mass is 32.1. The number of nitrogens with zero attached hydrogens (tertiary/aromatic N) is 2. The van der Waals surface area contributed by atoms with Crippen molar-refractivity contribution >= 4 is 17.2 Å². The predicted octanol–water partition coefficient (Wildman–Crippen LogP) is 3.43. The first-order chi connectivity index (χ1) is 8.26. The van der Waals surface area contributed by atoms with Gasteiger partial charge in [-0.3, -0.25) is 0 Å². The molecule has 0 atom stereocenters. The summed E-state index contributed by atoms with van der Waals surface area (Å²) in [7, 11) is 1.91. The standard InChI is InChI=1S/C13H15N3S/c1-8-3-6-11(17-8)13-15-10(9-4-5-9)7-12(14-2)16-13/h3,6-7,9H,4-5H2,1-2H3,(H,14,15,16). The number of anilines is 1. The lowest BCUT2D eigenvalue weighted by Crippen LogP contribution is -1.99. The molecule has 4 heteroatoms. The number of aromatic nitrogens is 2. The van der Waals surface area contributed by atoms with E-state index in [9.17, 15) is 0 Å². The van der Waals surface area contributed by atoms with Crippen LogP contribution in [0.2, 0.25) is 0 Å². The van der Waals surface area contributed by atoms with E-state index >= 15 is 0 Å². The summed E-state index contributed by atoms with van der Waals surface area (Å²) in [6, 6.07) is 6.29. The molecule has 3 nitrogen and oxygen atoms in total. The number of rotatable bonds is 3. The molecule has 0 aliphatic heterocycles. The topological polar surface area (TPSA) is 37.8 Å². The van der Waals surface area contributed by atoms with Gasteiger partial charge in [-0.05, 0) is 31.9 Å². The Morgan fingerprint density at radius 3 is 2.71 bits per heavy atom. The van der Waals surface area contributed by atoms with E-state index in [0.29, 0.717) is 5.92 Å². The smallest absolute Gasteiger partial charge is 0.171 e. The first-order valence-corrected chi connectivity index (χ1v) is 6.71. The van der Waals surface area contributed by atoms with E-state index < -0.39 is 0 Å². The Kier molecular flexibility index (Phi) is 2.59. The first kappa shape index (κ1) is 10.7. The summed E-state index contributed by atoms with van der Waals surface area (Å²) in [5, 5.41) is 3.12. The fourth-order valence-corrected chi connectivity index (χ4v) is 2.65. The van der Waals surface area contributed by atoms with Crippen molar-refractivity contribution < 1.29 is 0 Å². The Morgan fingerprint density at radius 2 is 2.12 bits per heavy atom. The second-order valence-electron chi connectivity index (χ2n) is 4.44. The largest absolute Gasteiger partial charge is 0.373 e. The van der Waals surface area contributed by atoms with E-state index in [1.165, 1.54) is 23.4 Å². The van der Waals surface area contributed by atoms with Gasteiger partial charge in [-0.15, -0.1) is 11.3 Å². The average molecular weight is 245 g/mol. The fraction of sp³-hybridized carbons (Fsp3) is 0.385. The SMILES string of the molecule is CNc1cc(C2CC2)nc(-c2ccc(C)s2)n1. The molecule has 1 fully saturated rings. The van der Waals surface area contributed by atoms with Gasteiger partial charge in [-0.25, -0.2) is 9.97 Å². The van der Waals surface area contributed by atoms with E-state index in [1.54, 1.807) is 11.3 Å². The van der Waals surface area contributed by atoms with Crippen molar-refractivity contribution in [3.8, 4) is 10.7 Å². The van der Waals surface area contributed by atoms with Crippen LogP contribution < -0.4 is 5.32 Å². The molecule has 0 aromatic carbocycles. The van der Waals surface area contributed by atoms with Gasteiger partial charge < -0.3 is 5.32 Å². The van der Waals surface area contributed by atoms with Crippen LogP contribution in [-0.2, 0) is 0 Å². The Morgan fingerprint density at radius 1 is 1.29 bits per heavy atom. The molecule has 0 bridgehead atoms. The fourth-order valence-electron chi connectivity index (χ4n) is 1.85. The number of nitrogens with one attached hydrogen (secondary N) is 1. The zero-order valence-electron chi connectivity index (χ0n) is 10.0. The van der Waals surface area contributed by atoms with Gasteiger partial charge in [0.15, 0.2) is 5.82 Å². The van der Waals surface area contributed by atoms with Crippen molar-refractivity contribution in [1.82, 2.24) is 9.97 Å². The summed E-state index contributed by atoms with van der Waals surface area (Å²) in [5.41, 5.74) is 1.19. The third-order valence-electron chi connectivity index (χ3n) is 2.96. The minimum absolute atomic E-state index is 0.657. The molecular formula is C13H15N3S. The lowest BCUT2D eigenvalue weighted by atomic mass is 10.2. The highest BCUT2D eigenvalue weighted by molar-refractivity contribution is 7.15. The minimum atomic E-state index is 0.657. The molecule has 3 rings (SSSR count). The van der Waals surface area contributed by atoms with Crippen LogP contribution >= 0.6 is 11.3 Å². The maximum absolute atomic E-state index is 4.69. The molecule has 2 aromatic heterocycles.